The van der Waals surface area contributed by atoms with Crippen LogP contribution in [0.1, 0.15) is 88.8 Å². The third kappa shape index (κ3) is 12.6. The van der Waals surface area contributed by atoms with Crippen LogP contribution < -0.4 is 21.3 Å². The Balaban J connectivity index is 1.32. The maximum absolute atomic E-state index is 14.5. The monoisotopic (exact) mass is 816 g/mol. The van der Waals surface area contributed by atoms with Gasteiger partial charge in [0.25, 0.3) is 5.91 Å². The topological polar surface area (TPSA) is 196 Å². The maximum Gasteiger partial charge on any atom is 0.408 e. The second-order valence-corrected chi connectivity index (χ2v) is 16.4. The van der Waals surface area contributed by atoms with Gasteiger partial charge >= 0.3 is 6.09 Å². The Morgan fingerprint density at radius 2 is 1.59 bits per heavy atom. The first-order valence-electron chi connectivity index (χ1n) is 20.7. The van der Waals surface area contributed by atoms with Gasteiger partial charge in [0.05, 0.1) is 24.3 Å². The number of benzene rings is 2. The zero-order chi connectivity index (χ0) is 42.5. The van der Waals surface area contributed by atoms with E-state index < -0.39 is 78.2 Å². The molecule has 7 atom stereocenters. The smallest absolute Gasteiger partial charge is 0.408 e. The molecule has 1 unspecified atom stereocenters. The van der Waals surface area contributed by atoms with Crippen molar-refractivity contribution in [2.75, 3.05) is 27.2 Å². The molecule has 2 fully saturated rings. The van der Waals surface area contributed by atoms with E-state index >= 15 is 0 Å². The molecule has 0 aromatic heterocycles. The lowest BCUT2D eigenvalue weighted by Crippen LogP contribution is -2.58. The predicted octanol–water partition coefficient (Wildman–Crippen LogP) is 3.27. The van der Waals surface area contributed by atoms with E-state index in [1.54, 1.807) is 44.4 Å². The van der Waals surface area contributed by atoms with Crippen LogP contribution in [0.4, 0.5) is 4.79 Å². The predicted molar refractivity (Wildman–Crippen MR) is 219 cm³/mol. The number of rotatable bonds is 10. The number of amides is 6. The molecule has 5 N–H and O–H groups in total. The van der Waals surface area contributed by atoms with Gasteiger partial charge in [0.1, 0.15) is 24.7 Å². The van der Waals surface area contributed by atoms with Crippen molar-refractivity contribution in [1.29, 1.82) is 0 Å². The molecule has 320 valence electrons. The summed E-state index contributed by atoms with van der Waals surface area (Å²) in [5.74, 6) is -3.28. The maximum atomic E-state index is 14.5. The van der Waals surface area contributed by atoms with Crippen molar-refractivity contribution in [3.63, 3.8) is 0 Å². The summed E-state index contributed by atoms with van der Waals surface area (Å²) in [5, 5.41) is 22.3. The fourth-order valence-electron chi connectivity index (χ4n) is 8.11. The van der Waals surface area contributed by atoms with E-state index in [-0.39, 0.29) is 31.4 Å². The van der Waals surface area contributed by atoms with E-state index in [9.17, 15) is 33.9 Å². The lowest BCUT2D eigenvalue weighted by Gasteiger charge is -2.33. The number of nitrogens with one attached hydrogen (secondary N) is 4. The summed E-state index contributed by atoms with van der Waals surface area (Å²) < 4.78 is 11.8. The molecule has 0 spiro atoms. The molecule has 15 nitrogen and oxygen atoms in total. The van der Waals surface area contributed by atoms with Crippen LogP contribution in [-0.4, -0.2) is 114 Å². The molecule has 3 aliphatic rings. The quantitative estimate of drug-likeness (QED) is 0.224. The number of likely N-dealkylation sites (N-methyl/N-ethyl adjacent to an activating group) is 1. The van der Waals surface area contributed by atoms with Crippen LogP contribution in [-0.2, 0) is 40.1 Å². The molecule has 0 radical (unpaired) electrons. The summed E-state index contributed by atoms with van der Waals surface area (Å²) >= 11 is 0. The molecule has 0 aliphatic carbocycles. The number of nitrogens with zero attached hydrogens (tertiary/aromatic N) is 2. The number of hydrogen-bond acceptors (Lipinski definition) is 9. The van der Waals surface area contributed by atoms with Crippen molar-refractivity contribution in [1.82, 2.24) is 31.1 Å². The summed E-state index contributed by atoms with van der Waals surface area (Å²) in [7, 11) is 3.15. The van der Waals surface area contributed by atoms with Crippen molar-refractivity contribution in [2.45, 2.75) is 120 Å². The largest absolute Gasteiger partial charge is 0.445 e. The first-order valence-corrected chi connectivity index (χ1v) is 20.7. The normalized spacial score (nSPS) is 25.2. The van der Waals surface area contributed by atoms with Crippen molar-refractivity contribution in [2.24, 2.45) is 5.92 Å². The zero-order valence-electron chi connectivity index (χ0n) is 34.6. The Labute approximate surface area is 346 Å². The van der Waals surface area contributed by atoms with Crippen molar-refractivity contribution >= 4 is 35.6 Å². The Morgan fingerprint density at radius 1 is 0.949 bits per heavy atom. The average molecular weight is 817 g/mol. The van der Waals surface area contributed by atoms with Gasteiger partial charge in [-0.15, -0.1) is 0 Å². The van der Waals surface area contributed by atoms with E-state index in [4.69, 9.17) is 9.47 Å². The highest BCUT2D eigenvalue weighted by Gasteiger charge is 2.56. The Hall–Kier alpha value is -5.28. The molecule has 15 heteroatoms. The highest BCUT2D eigenvalue weighted by atomic mass is 16.5. The average Bonchev–Trinajstić information content (AvgIpc) is 3.71. The standard InChI is InChI=1S/C44H60N6O9/c1-44(2)25-31-34(59-44)27-50-37(31)39(53)46-32(38(52)40(54)45-26-35(51)48-36(42(56)49(3)4)30-21-15-12-16-22-30)23-17-9-7-5-6-8-10-18-24-33(41(50)55)47-43(57)58-28-29-19-13-11-14-20-29/h5-6,11-16,19-22,31-34,36-38,52H,7-10,17-18,23-28H2,1-4H3,(H,45,54)(H,46,53)(H,47,57)(H,48,51)/b6-5+/t31-,32-,33-,34-,36-,37-,38?/m0/s1. The molecule has 2 aromatic rings. The molecule has 59 heavy (non-hydrogen) atoms. The van der Waals surface area contributed by atoms with E-state index in [1.807, 2.05) is 44.2 Å². The first-order chi connectivity index (χ1) is 28.2. The lowest BCUT2D eigenvalue weighted by molar-refractivity contribution is -0.143. The minimum absolute atomic E-state index is 0.0203. The van der Waals surface area contributed by atoms with Crippen LogP contribution in [0.25, 0.3) is 0 Å². The molecule has 5 rings (SSSR count). The molecule has 2 aromatic carbocycles. The SMILES string of the molecule is CN(C)C(=O)[C@@H](NC(=O)CNC(=O)C(O)[C@@H]1CCCC/C=C/CCCC[C@H](NC(=O)OCc2ccccc2)C(=O)N2C[C@@H]3OC(C)(C)C[C@@H]3[C@H]2C(=O)N1)c1ccccc1. The van der Waals surface area contributed by atoms with Crippen LogP contribution in [0, 0.1) is 5.92 Å². The van der Waals surface area contributed by atoms with Gasteiger partial charge in [0, 0.05) is 26.6 Å². The molecule has 2 saturated heterocycles. The number of aliphatic hydroxyl groups excluding tert-OH is 1. The summed E-state index contributed by atoms with van der Waals surface area (Å²) in [6.45, 7) is 3.47. The van der Waals surface area contributed by atoms with Crippen molar-refractivity contribution in [3.8, 4) is 0 Å². The molecule has 0 bridgehead atoms. The number of ether oxygens (including phenoxy) is 2. The van der Waals surface area contributed by atoms with Gasteiger partial charge in [0.15, 0.2) is 6.10 Å². The van der Waals surface area contributed by atoms with E-state index in [0.717, 1.165) is 31.2 Å². The molecule has 3 aliphatic heterocycles. The summed E-state index contributed by atoms with van der Waals surface area (Å²) in [5.41, 5.74) is 0.800. The second kappa shape index (κ2) is 21.1. The second-order valence-electron chi connectivity index (χ2n) is 16.4. The Morgan fingerprint density at radius 3 is 2.25 bits per heavy atom. The molecule has 6 amide bonds. The van der Waals surface area contributed by atoms with Gasteiger partial charge in [-0.1, -0.05) is 85.7 Å². The van der Waals surface area contributed by atoms with Crippen LogP contribution in [0.5, 0.6) is 0 Å². The summed E-state index contributed by atoms with van der Waals surface area (Å²) in [6.07, 6.45) is 6.50. The zero-order valence-corrected chi connectivity index (χ0v) is 34.6. The lowest BCUT2D eigenvalue weighted by atomic mass is 9.89. The number of carbonyl (C=O) groups excluding carboxylic acids is 6. The third-order valence-corrected chi connectivity index (χ3v) is 11.1. The number of allylic oxidation sites excluding steroid dienone is 2. The van der Waals surface area contributed by atoms with Gasteiger partial charge in [-0.2, -0.15) is 0 Å². The van der Waals surface area contributed by atoms with Gasteiger partial charge < -0.3 is 45.6 Å². The third-order valence-electron chi connectivity index (χ3n) is 11.1. The number of carbonyl (C=O) groups is 6. The Kier molecular flexibility index (Phi) is 16.0. The van der Waals surface area contributed by atoms with Crippen LogP contribution in [0.2, 0.25) is 0 Å². The summed E-state index contributed by atoms with van der Waals surface area (Å²) in [6, 6.07) is 13.9. The van der Waals surface area contributed by atoms with Crippen LogP contribution >= 0.6 is 0 Å². The fraction of sp³-hybridized carbons (Fsp3) is 0.545. The van der Waals surface area contributed by atoms with E-state index in [1.165, 1.54) is 9.80 Å². The molecular weight excluding hydrogens is 757 g/mol. The first kappa shape index (κ1) is 44.8. The fourth-order valence-corrected chi connectivity index (χ4v) is 8.11. The van der Waals surface area contributed by atoms with Gasteiger partial charge in [-0.3, -0.25) is 24.0 Å². The number of hydrogen-bond donors (Lipinski definition) is 5. The minimum Gasteiger partial charge on any atom is -0.445 e. The van der Waals surface area contributed by atoms with Crippen molar-refractivity contribution in [3.05, 3.63) is 83.9 Å². The van der Waals surface area contributed by atoms with E-state index in [0.29, 0.717) is 31.2 Å². The van der Waals surface area contributed by atoms with E-state index in [2.05, 4.69) is 33.4 Å². The number of aliphatic hydroxyl groups is 1. The summed E-state index contributed by atoms with van der Waals surface area (Å²) in [4.78, 5) is 84.4. The highest BCUT2D eigenvalue weighted by Crippen LogP contribution is 2.43. The van der Waals surface area contributed by atoms with Crippen LogP contribution in [0.3, 0.4) is 0 Å². The van der Waals surface area contributed by atoms with Gasteiger partial charge in [-0.25, -0.2) is 4.79 Å². The molecule has 3 heterocycles. The number of fused-ring (bicyclic) bond motifs is 3. The van der Waals surface area contributed by atoms with Gasteiger partial charge in [-0.05, 0) is 69.9 Å². The van der Waals surface area contributed by atoms with Gasteiger partial charge in [0.2, 0.25) is 23.6 Å². The molecule has 0 saturated carbocycles. The minimum atomic E-state index is -1.75. The Bertz CT molecular complexity index is 1790. The number of alkyl carbamates (subject to hydrolysis) is 1. The van der Waals surface area contributed by atoms with Crippen molar-refractivity contribution < 1.29 is 43.3 Å². The van der Waals surface area contributed by atoms with Crippen LogP contribution in [0.15, 0.2) is 72.8 Å². The highest BCUT2D eigenvalue weighted by molar-refractivity contribution is 5.94. The molecular formula is C44H60N6O9.